The van der Waals surface area contributed by atoms with E-state index in [0.717, 1.165) is 29.2 Å². The smallest absolute Gasteiger partial charge is 0.223 e. The number of aromatic nitrogens is 2. The number of benzene rings is 1. The first-order valence-electron chi connectivity index (χ1n) is 9.72. The van der Waals surface area contributed by atoms with Gasteiger partial charge in [0.1, 0.15) is 29.0 Å². The van der Waals surface area contributed by atoms with Crippen LogP contribution in [0.2, 0.25) is 0 Å². The van der Waals surface area contributed by atoms with Crippen molar-refractivity contribution < 1.29 is 13.9 Å². The lowest BCUT2D eigenvalue weighted by Gasteiger charge is -2.42. The molecule has 0 spiro atoms. The van der Waals surface area contributed by atoms with Crippen molar-refractivity contribution in [3.63, 3.8) is 0 Å². The average molecular weight is 412 g/mol. The molecule has 1 aliphatic heterocycles. The summed E-state index contributed by atoms with van der Waals surface area (Å²) in [4.78, 5) is 23.3. The van der Waals surface area contributed by atoms with Crippen molar-refractivity contribution in [2.24, 2.45) is 5.92 Å². The fraction of sp³-hybridized carbons (Fsp3) is 0.381. The molecule has 1 aromatic carbocycles. The van der Waals surface area contributed by atoms with Gasteiger partial charge in [-0.25, -0.2) is 14.4 Å². The largest absolute Gasteiger partial charge is 0.488 e. The number of hydrogen-bond donors (Lipinski definition) is 1. The van der Waals surface area contributed by atoms with E-state index in [1.165, 1.54) is 23.5 Å². The van der Waals surface area contributed by atoms with Gasteiger partial charge in [0, 0.05) is 31.3 Å². The minimum Gasteiger partial charge on any atom is -0.488 e. The second kappa shape index (κ2) is 7.26. The molecule has 150 valence electrons. The van der Waals surface area contributed by atoms with Gasteiger partial charge >= 0.3 is 0 Å². The highest BCUT2D eigenvalue weighted by Crippen LogP contribution is 2.35. The molecule has 1 amide bonds. The summed E-state index contributed by atoms with van der Waals surface area (Å²) in [5.74, 6) is 1.10. The summed E-state index contributed by atoms with van der Waals surface area (Å²) in [6, 6.07) is 7.04. The number of nitrogens with one attached hydrogen (secondary N) is 1. The summed E-state index contributed by atoms with van der Waals surface area (Å²) < 4.78 is 20.4. The highest BCUT2D eigenvalue weighted by Gasteiger charge is 2.39. The van der Waals surface area contributed by atoms with Gasteiger partial charge in [-0.15, -0.1) is 11.3 Å². The molecule has 1 N–H and O–H groups in total. The molecule has 3 heterocycles. The zero-order valence-electron chi connectivity index (χ0n) is 16.0. The number of hydrogen-bond acceptors (Lipinski definition) is 6. The second-order valence-corrected chi connectivity index (χ2v) is 8.70. The predicted octanol–water partition coefficient (Wildman–Crippen LogP) is 3.30. The third-order valence-corrected chi connectivity index (χ3v) is 6.35. The van der Waals surface area contributed by atoms with Crippen molar-refractivity contribution in [3.05, 3.63) is 47.4 Å². The van der Waals surface area contributed by atoms with E-state index in [1.54, 1.807) is 5.51 Å². The lowest BCUT2D eigenvalue weighted by Crippen LogP contribution is -2.61. The Morgan fingerprint density at radius 2 is 2.10 bits per heavy atom. The number of rotatable bonds is 5. The van der Waals surface area contributed by atoms with E-state index in [4.69, 9.17) is 4.74 Å². The molecule has 0 unspecified atom stereocenters. The Morgan fingerprint density at radius 1 is 1.28 bits per heavy atom. The molecule has 0 bridgehead atoms. The van der Waals surface area contributed by atoms with E-state index in [1.807, 2.05) is 25.3 Å². The zero-order valence-corrected chi connectivity index (χ0v) is 16.8. The highest BCUT2D eigenvalue weighted by molar-refractivity contribution is 7.16. The zero-order chi connectivity index (χ0) is 20.0. The van der Waals surface area contributed by atoms with Gasteiger partial charge in [0.05, 0.1) is 16.3 Å². The maximum Gasteiger partial charge on any atom is 0.223 e. The van der Waals surface area contributed by atoms with Crippen LogP contribution in [0.1, 0.15) is 18.4 Å². The van der Waals surface area contributed by atoms with Gasteiger partial charge in [-0.2, -0.15) is 0 Å². The summed E-state index contributed by atoms with van der Waals surface area (Å²) in [5, 5.41) is 3.11. The number of carbonyl (C=O) groups is 1. The molecule has 2 fully saturated rings. The molecule has 8 heteroatoms. The molecule has 2 aliphatic rings. The van der Waals surface area contributed by atoms with Crippen LogP contribution in [-0.4, -0.2) is 41.1 Å². The standard InChI is InChI=1S/C21H21FN4O2S/c1-12-2-3-19(23-8-12)26-9-15(10-26)25-21(27)13-4-16(5-13)28-17-6-14(22)7-18-20(17)24-11-29-18/h2-3,6-8,11,13,15-16H,4-5,9-10H2,1H3,(H,25,27)/t13-,16-. The topological polar surface area (TPSA) is 67.4 Å². The van der Waals surface area contributed by atoms with Gasteiger partial charge in [0.25, 0.3) is 0 Å². The minimum atomic E-state index is -0.331. The first-order valence-corrected chi connectivity index (χ1v) is 10.6. The van der Waals surface area contributed by atoms with Crippen LogP contribution in [0.25, 0.3) is 10.2 Å². The number of halogens is 1. The van der Waals surface area contributed by atoms with Crippen molar-refractivity contribution in [1.29, 1.82) is 0 Å². The van der Waals surface area contributed by atoms with Crippen LogP contribution in [0.4, 0.5) is 10.2 Å². The normalized spacial score (nSPS) is 21.5. The summed E-state index contributed by atoms with van der Waals surface area (Å²) in [5.41, 5.74) is 3.50. The lowest BCUT2D eigenvalue weighted by atomic mass is 9.81. The number of carbonyl (C=O) groups excluding carboxylic acids is 1. The number of aryl methyl sites for hydroxylation is 1. The molecule has 0 atom stereocenters. The van der Waals surface area contributed by atoms with Crippen LogP contribution >= 0.6 is 11.3 Å². The molecule has 6 nitrogen and oxygen atoms in total. The Balaban J connectivity index is 1.10. The molecule has 1 aliphatic carbocycles. The van der Waals surface area contributed by atoms with Gasteiger partial charge < -0.3 is 15.0 Å². The molecule has 0 radical (unpaired) electrons. The van der Waals surface area contributed by atoms with E-state index in [-0.39, 0.29) is 29.8 Å². The molecule has 29 heavy (non-hydrogen) atoms. The Kier molecular flexibility index (Phi) is 4.58. The third kappa shape index (κ3) is 3.64. The fourth-order valence-electron chi connectivity index (χ4n) is 3.77. The SMILES string of the molecule is Cc1ccc(N2CC(NC(=O)[C@H]3C[C@H](Oc4cc(F)cc5scnc45)C3)C2)nc1. The van der Waals surface area contributed by atoms with Crippen molar-refractivity contribution in [1.82, 2.24) is 15.3 Å². The molecule has 1 saturated carbocycles. The molecule has 1 saturated heterocycles. The number of thiazole rings is 1. The molecule has 3 aromatic rings. The maximum absolute atomic E-state index is 13.7. The summed E-state index contributed by atoms with van der Waals surface area (Å²) >= 11 is 1.39. The number of pyridine rings is 1. The minimum absolute atomic E-state index is 0.0500. The quantitative estimate of drug-likeness (QED) is 0.697. The van der Waals surface area contributed by atoms with Gasteiger partial charge in [0.15, 0.2) is 0 Å². The van der Waals surface area contributed by atoms with E-state index >= 15 is 0 Å². The first-order chi connectivity index (χ1) is 14.0. The Labute approximate surface area is 171 Å². The van der Waals surface area contributed by atoms with Crippen molar-refractivity contribution in [2.45, 2.75) is 31.9 Å². The van der Waals surface area contributed by atoms with Crippen LogP contribution in [0.5, 0.6) is 5.75 Å². The van der Waals surface area contributed by atoms with Crippen molar-refractivity contribution in [2.75, 3.05) is 18.0 Å². The molecule has 5 rings (SSSR count). The Bertz CT molecular complexity index is 1040. The van der Waals surface area contributed by atoms with Crippen LogP contribution in [0.3, 0.4) is 0 Å². The number of amides is 1. The van der Waals surface area contributed by atoms with E-state index in [9.17, 15) is 9.18 Å². The third-order valence-electron chi connectivity index (χ3n) is 5.57. The van der Waals surface area contributed by atoms with Crippen molar-refractivity contribution >= 4 is 33.3 Å². The average Bonchev–Trinajstić information content (AvgIpc) is 3.09. The van der Waals surface area contributed by atoms with Crippen LogP contribution in [0, 0.1) is 18.7 Å². The van der Waals surface area contributed by atoms with Gasteiger partial charge in [-0.3, -0.25) is 4.79 Å². The van der Waals surface area contributed by atoms with E-state index in [0.29, 0.717) is 24.1 Å². The van der Waals surface area contributed by atoms with E-state index in [2.05, 4.69) is 20.2 Å². The number of fused-ring (bicyclic) bond motifs is 1. The number of ether oxygens (including phenoxy) is 1. The Morgan fingerprint density at radius 3 is 2.86 bits per heavy atom. The van der Waals surface area contributed by atoms with Crippen LogP contribution in [-0.2, 0) is 4.79 Å². The van der Waals surface area contributed by atoms with Crippen LogP contribution < -0.4 is 15.0 Å². The molecule has 2 aromatic heterocycles. The molecular weight excluding hydrogens is 391 g/mol. The summed E-state index contributed by atoms with van der Waals surface area (Å²) in [7, 11) is 0. The second-order valence-electron chi connectivity index (χ2n) is 7.82. The lowest BCUT2D eigenvalue weighted by molar-refractivity contribution is -0.131. The number of nitrogens with zero attached hydrogens (tertiary/aromatic N) is 3. The maximum atomic E-state index is 13.7. The summed E-state index contributed by atoms with van der Waals surface area (Å²) in [6.07, 6.45) is 3.06. The van der Waals surface area contributed by atoms with Gasteiger partial charge in [-0.05, 0) is 37.5 Å². The van der Waals surface area contributed by atoms with Gasteiger partial charge in [-0.1, -0.05) is 6.07 Å². The van der Waals surface area contributed by atoms with Crippen LogP contribution in [0.15, 0.2) is 36.0 Å². The monoisotopic (exact) mass is 412 g/mol. The van der Waals surface area contributed by atoms with Gasteiger partial charge in [0.2, 0.25) is 5.91 Å². The predicted molar refractivity (Wildman–Crippen MR) is 110 cm³/mol. The molecular formula is C21H21FN4O2S. The first kappa shape index (κ1) is 18.3. The highest BCUT2D eigenvalue weighted by atomic mass is 32.1. The fourth-order valence-corrected chi connectivity index (χ4v) is 4.49. The summed E-state index contributed by atoms with van der Waals surface area (Å²) in [6.45, 7) is 3.57. The van der Waals surface area contributed by atoms with E-state index < -0.39 is 0 Å². The number of anilines is 1. The van der Waals surface area contributed by atoms with Crippen molar-refractivity contribution in [3.8, 4) is 5.75 Å². The Hall–Kier alpha value is -2.74.